The zero-order chi connectivity index (χ0) is 15.2. The second kappa shape index (κ2) is 5.21. The van der Waals surface area contributed by atoms with Crippen molar-refractivity contribution in [1.82, 2.24) is 4.90 Å². The Morgan fingerprint density at radius 1 is 1.29 bits per heavy atom. The molecule has 1 saturated carbocycles. The van der Waals surface area contributed by atoms with E-state index < -0.39 is 16.8 Å². The van der Waals surface area contributed by atoms with Crippen molar-refractivity contribution < 1.29 is 14.1 Å². The van der Waals surface area contributed by atoms with Crippen LogP contribution in [0.15, 0.2) is 23.1 Å². The van der Waals surface area contributed by atoms with Crippen LogP contribution < -0.4 is 0 Å². The van der Waals surface area contributed by atoms with Gasteiger partial charge in [-0.1, -0.05) is 6.07 Å². The van der Waals surface area contributed by atoms with Gasteiger partial charge in [-0.15, -0.1) is 0 Å². The number of benzene rings is 1. The van der Waals surface area contributed by atoms with Gasteiger partial charge in [0.2, 0.25) is 0 Å². The summed E-state index contributed by atoms with van der Waals surface area (Å²) < 4.78 is 17.6. The fourth-order valence-corrected chi connectivity index (χ4v) is 3.84. The van der Waals surface area contributed by atoms with Gasteiger partial charge in [0.1, 0.15) is 10.9 Å². The summed E-state index contributed by atoms with van der Waals surface area (Å²) in [6, 6.07) is 5.93. The fraction of sp³-hybridized carbons (Fsp3) is 0.562. The van der Waals surface area contributed by atoms with Gasteiger partial charge < -0.3 is 9.29 Å². The van der Waals surface area contributed by atoms with E-state index in [4.69, 9.17) is 4.74 Å². The molecule has 0 radical (unpaired) electrons. The molecule has 0 aromatic heterocycles. The van der Waals surface area contributed by atoms with Crippen LogP contribution in [0.2, 0.25) is 0 Å². The number of carbonyl (C=O) groups excluding carboxylic acids is 1. The van der Waals surface area contributed by atoms with E-state index in [9.17, 15) is 9.35 Å². The van der Waals surface area contributed by atoms with E-state index >= 15 is 0 Å². The predicted molar refractivity (Wildman–Crippen MR) is 81.4 cm³/mol. The zero-order valence-corrected chi connectivity index (χ0v) is 13.5. The highest BCUT2D eigenvalue weighted by Gasteiger charge is 2.36. The van der Waals surface area contributed by atoms with Crippen molar-refractivity contribution in [2.75, 3.05) is 0 Å². The molecule has 5 heteroatoms. The van der Waals surface area contributed by atoms with E-state index in [-0.39, 0.29) is 6.09 Å². The highest BCUT2D eigenvalue weighted by atomic mass is 32.2. The molecule has 0 saturated heterocycles. The maximum Gasteiger partial charge on any atom is 0.410 e. The van der Waals surface area contributed by atoms with Crippen molar-refractivity contribution >= 4 is 17.3 Å². The molecule has 0 bridgehead atoms. The van der Waals surface area contributed by atoms with Gasteiger partial charge in [0.15, 0.2) is 4.90 Å². The van der Waals surface area contributed by atoms with Gasteiger partial charge in [0.05, 0.1) is 0 Å². The topological polar surface area (TPSA) is 52.6 Å². The van der Waals surface area contributed by atoms with E-state index in [0.717, 1.165) is 28.9 Å². The SMILES string of the molecule is CC(C)(C)OC(=O)N1Cc2ccc([S+]([O-])C3CC3)cc2C1. The normalized spacial score (nSPS) is 19.3. The Kier molecular flexibility index (Phi) is 3.66. The molecule has 0 N–H and O–H groups in total. The van der Waals surface area contributed by atoms with Gasteiger partial charge in [-0.2, -0.15) is 0 Å². The average Bonchev–Trinajstić information content (AvgIpc) is 3.14. The molecule has 1 aliphatic carbocycles. The van der Waals surface area contributed by atoms with Crippen LogP contribution in [0.25, 0.3) is 0 Å². The molecule has 114 valence electrons. The first-order valence-electron chi connectivity index (χ1n) is 7.34. The summed E-state index contributed by atoms with van der Waals surface area (Å²) in [5, 5.41) is 0.339. The number of nitrogens with zero attached hydrogens (tertiary/aromatic N) is 1. The van der Waals surface area contributed by atoms with Crippen molar-refractivity contribution in [3.05, 3.63) is 29.3 Å². The van der Waals surface area contributed by atoms with E-state index in [1.54, 1.807) is 4.90 Å². The highest BCUT2D eigenvalue weighted by Crippen LogP contribution is 2.35. The van der Waals surface area contributed by atoms with Crippen molar-refractivity contribution in [3.8, 4) is 0 Å². The van der Waals surface area contributed by atoms with Crippen LogP contribution in [0.3, 0.4) is 0 Å². The summed E-state index contributed by atoms with van der Waals surface area (Å²) in [5.41, 5.74) is 1.73. The molecule has 1 amide bonds. The first-order chi connectivity index (χ1) is 9.83. The molecule has 1 aromatic carbocycles. The number of rotatable bonds is 2. The number of hydrogen-bond acceptors (Lipinski definition) is 3. The van der Waals surface area contributed by atoms with Gasteiger partial charge >= 0.3 is 6.09 Å². The van der Waals surface area contributed by atoms with Gasteiger partial charge in [-0.05, 0) is 55.2 Å². The number of amides is 1. The summed E-state index contributed by atoms with van der Waals surface area (Å²) in [5.74, 6) is 0. The zero-order valence-electron chi connectivity index (χ0n) is 12.7. The molecule has 0 spiro atoms. The number of hydrogen-bond donors (Lipinski definition) is 0. The first kappa shape index (κ1) is 14.7. The molecule has 1 atom stereocenters. The molecule has 2 aliphatic rings. The minimum Gasteiger partial charge on any atom is -0.611 e. The average molecular weight is 307 g/mol. The standard InChI is InChI=1S/C16H21NO3S/c1-16(2,3)20-15(18)17-9-11-4-5-14(8-12(11)10-17)21(19)13-6-7-13/h4-5,8,13H,6-7,9-10H2,1-3H3. The van der Waals surface area contributed by atoms with Crippen LogP contribution in [0, 0.1) is 0 Å². The van der Waals surface area contributed by atoms with Gasteiger partial charge in [-0.3, -0.25) is 4.90 Å². The summed E-state index contributed by atoms with van der Waals surface area (Å²) in [4.78, 5) is 14.7. The van der Waals surface area contributed by atoms with Gasteiger partial charge in [0.25, 0.3) is 0 Å². The summed E-state index contributed by atoms with van der Waals surface area (Å²) in [6.07, 6.45) is 1.84. The molecular formula is C16H21NO3S. The van der Waals surface area contributed by atoms with Gasteiger partial charge in [-0.25, -0.2) is 4.79 Å². The smallest absolute Gasteiger partial charge is 0.410 e. The fourth-order valence-electron chi connectivity index (χ4n) is 2.43. The number of ether oxygens (including phenoxy) is 1. The lowest BCUT2D eigenvalue weighted by molar-refractivity contribution is 0.0242. The number of fused-ring (bicyclic) bond motifs is 1. The molecule has 21 heavy (non-hydrogen) atoms. The van der Waals surface area contributed by atoms with Crippen molar-refractivity contribution in [1.29, 1.82) is 0 Å². The molecular weight excluding hydrogens is 286 g/mol. The molecule has 4 nitrogen and oxygen atoms in total. The second-order valence-corrected chi connectivity index (χ2v) is 8.50. The monoisotopic (exact) mass is 307 g/mol. The molecule has 1 aliphatic heterocycles. The maximum absolute atomic E-state index is 12.2. The summed E-state index contributed by atoms with van der Waals surface area (Å²) in [7, 11) is 0. The largest absolute Gasteiger partial charge is 0.611 e. The minimum absolute atomic E-state index is 0.288. The van der Waals surface area contributed by atoms with E-state index in [2.05, 4.69) is 0 Å². The Morgan fingerprint density at radius 3 is 2.57 bits per heavy atom. The van der Waals surface area contributed by atoms with E-state index in [1.807, 2.05) is 39.0 Å². The van der Waals surface area contributed by atoms with Crippen LogP contribution in [0.4, 0.5) is 4.79 Å². The van der Waals surface area contributed by atoms with Crippen LogP contribution in [-0.4, -0.2) is 26.4 Å². The molecule has 1 aromatic rings. The summed E-state index contributed by atoms with van der Waals surface area (Å²) >= 11 is -0.889. The van der Waals surface area contributed by atoms with Crippen molar-refractivity contribution in [2.45, 2.75) is 62.4 Å². The molecule has 1 fully saturated rings. The second-order valence-electron chi connectivity index (χ2n) is 6.76. The van der Waals surface area contributed by atoms with Crippen LogP contribution in [-0.2, 0) is 29.0 Å². The van der Waals surface area contributed by atoms with Crippen LogP contribution in [0.1, 0.15) is 44.7 Å². The Labute approximate surface area is 128 Å². The maximum atomic E-state index is 12.2. The Bertz CT molecular complexity index is 563. The minimum atomic E-state index is -0.889. The Balaban J connectivity index is 1.70. The van der Waals surface area contributed by atoms with Crippen molar-refractivity contribution in [2.24, 2.45) is 0 Å². The third kappa shape index (κ3) is 3.35. The lowest BCUT2D eigenvalue weighted by Crippen LogP contribution is -2.33. The van der Waals surface area contributed by atoms with Gasteiger partial charge in [0, 0.05) is 25.9 Å². The first-order valence-corrected chi connectivity index (χ1v) is 8.55. The molecule has 1 heterocycles. The molecule has 3 rings (SSSR count). The summed E-state index contributed by atoms with van der Waals surface area (Å²) in [6.45, 7) is 6.71. The Hall–Kier alpha value is -1.20. The van der Waals surface area contributed by atoms with Crippen LogP contribution >= 0.6 is 0 Å². The van der Waals surface area contributed by atoms with E-state index in [0.29, 0.717) is 18.3 Å². The van der Waals surface area contributed by atoms with Crippen molar-refractivity contribution in [3.63, 3.8) is 0 Å². The van der Waals surface area contributed by atoms with E-state index in [1.165, 1.54) is 0 Å². The lowest BCUT2D eigenvalue weighted by atomic mass is 10.1. The quantitative estimate of drug-likeness (QED) is 0.788. The Morgan fingerprint density at radius 2 is 1.95 bits per heavy atom. The highest BCUT2D eigenvalue weighted by molar-refractivity contribution is 7.92. The lowest BCUT2D eigenvalue weighted by Gasteiger charge is -2.24. The third-order valence-corrected chi connectivity index (χ3v) is 5.41. The number of carbonyl (C=O) groups is 1. The molecule has 1 unspecified atom stereocenters. The third-order valence-electron chi connectivity index (χ3n) is 3.61. The predicted octanol–water partition coefficient (Wildman–Crippen LogP) is 3.21. The van der Waals surface area contributed by atoms with Crippen LogP contribution in [0.5, 0.6) is 0 Å².